The Kier molecular flexibility index (Phi) is 6.58. The predicted octanol–water partition coefficient (Wildman–Crippen LogP) is 4.53. The molecular formula is C24H25F3N2O4S. The van der Waals surface area contributed by atoms with Crippen LogP contribution in [0.15, 0.2) is 52.2 Å². The third-order valence-corrected chi connectivity index (χ3v) is 7.92. The van der Waals surface area contributed by atoms with Crippen LogP contribution in [-0.4, -0.2) is 37.0 Å². The van der Waals surface area contributed by atoms with Crippen molar-refractivity contribution in [2.45, 2.75) is 50.4 Å². The van der Waals surface area contributed by atoms with Crippen LogP contribution >= 0.6 is 0 Å². The molecule has 0 radical (unpaired) electrons. The lowest BCUT2D eigenvalue weighted by Crippen LogP contribution is -2.38. The van der Waals surface area contributed by atoms with E-state index in [1.807, 2.05) is 26.0 Å². The van der Waals surface area contributed by atoms with Crippen LogP contribution in [0, 0.1) is 13.8 Å². The monoisotopic (exact) mass is 494 g/mol. The van der Waals surface area contributed by atoms with Gasteiger partial charge in [0.15, 0.2) is 0 Å². The highest BCUT2D eigenvalue weighted by Crippen LogP contribution is 2.32. The smallest absolute Gasteiger partial charge is 0.377 e. The summed E-state index contributed by atoms with van der Waals surface area (Å²) < 4.78 is 73.2. The van der Waals surface area contributed by atoms with Crippen LogP contribution in [0.4, 0.5) is 13.2 Å². The molecule has 0 saturated carbocycles. The van der Waals surface area contributed by atoms with Gasteiger partial charge >= 0.3 is 6.18 Å². The van der Waals surface area contributed by atoms with Crippen molar-refractivity contribution in [2.75, 3.05) is 13.2 Å². The van der Waals surface area contributed by atoms with Crippen LogP contribution in [0.5, 0.6) is 0 Å². The zero-order chi connectivity index (χ0) is 24.7. The van der Waals surface area contributed by atoms with Crippen molar-refractivity contribution in [1.82, 2.24) is 9.29 Å². The van der Waals surface area contributed by atoms with Crippen molar-refractivity contribution in [2.24, 2.45) is 0 Å². The molecule has 0 spiro atoms. The summed E-state index contributed by atoms with van der Waals surface area (Å²) in [4.78, 5) is 15.1. The van der Waals surface area contributed by atoms with E-state index in [4.69, 9.17) is 4.74 Å². The van der Waals surface area contributed by atoms with Gasteiger partial charge in [-0.05, 0) is 79.6 Å². The second-order valence-corrected chi connectivity index (χ2v) is 10.5. The molecule has 1 aliphatic rings. The molecule has 0 bridgehead atoms. The summed E-state index contributed by atoms with van der Waals surface area (Å²) in [6.07, 6.45) is -3.69. The average Bonchev–Trinajstić information content (AvgIpc) is 3.28. The van der Waals surface area contributed by atoms with Gasteiger partial charge in [0, 0.05) is 30.8 Å². The number of alkyl halides is 3. The number of nitrogens with zero attached hydrogens (tertiary/aromatic N) is 1. The van der Waals surface area contributed by atoms with Gasteiger partial charge in [-0.1, -0.05) is 6.07 Å². The number of aromatic amines is 1. The molecule has 0 aliphatic carbocycles. The van der Waals surface area contributed by atoms with E-state index >= 15 is 0 Å². The molecule has 1 fully saturated rings. The van der Waals surface area contributed by atoms with Crippen molar-refractivity contribution in [1.29, 1.82) is 0 Å². The lowest BCUT2D eigenvalue weighted by Gasteiger charge is -2.25. The standard InChI is InChI=1S/C24H25F3N2O4S/c1-15-9-17-11-18(23(30)28-22(17)10-16(15)2)13-29(14-20-6-4-8-33-20)34(31,32)21-7-3-5-19(12-21)24(25,26)27/h3,5,7,9-12,20H,4,6,8,13-14H2,1-2H3,(H,28,30)/t20-/m1/s1. The van der Waals surface area contributed by atoms with Crippen LogP contribution in [0.3, 0.4) is 0 Å². The molecular weight excluding hydrogens is 469 g/mol. The Morgan fingerprint density at radius 3 is 2.53 bits per heavy atom. The normalized spacial score (nSPS) is 17.1. The number of hydrogen-bond acceptors (Lipinski definition) is 4. The van der Waals surface area contributed by atoms with Gasteiger partial charge in [-0.3, -0.25) is 4.79 Å². The zero-order valence-electron chi connectivity index (χ0n) is 18.8. The molecule has 3 aromatic rings. The minimum absolute atomic E-state index is 0.0665. The largest absolute Gasteiger partial charge is 0.416 e. The van der Waals surface area contributed by atoms with Gasteiger partial charge in [-0.15, -0.1) is 0 Å². The van der Waals surface area contributed by atoms with Crippen molar-refractivity contribution in [3.05, 3.63) is 75.1 Å². The zero-order valence-corrected chi connectivity index (χ0v) is 19.6. The molecule has 6 nitrogen and oxygen atoms in total. The number of H-pyrrole nitrogens is 1. The topological polar surface area (TPSA) is 79.5 Å². The number of aryl methyl sites for hydroxylation is 2. The third-order valence-electron chi connectivity index (χ3n) is 6.11. The molecule has 1 aliphatic heterocycles. The summed E-state index contributed by atoms with van der Waals surface area (Å²) in [7, 11) is -4.35. The molecule has 10 heteroatoms. The van der Waals surface area contributed by atoms with E-state index in [1.165, 1.54) is 0 Å². The highest BCUT2D eigenvalue weighted by Gasteiger charge is 2.34. The van der Waals surface area contributed by atoms with Gasteiger partial charge < -0.3 is 9.72 Å². The Morgan fingerprint density at radius 1 is 1.12 bits per heavy atom. The summed E-state index contributed by atoms with van der Waals surface area (Å²) in [5.74, 6) is 0. The van der Waals surface area contributed by atoms with E-state index in [-0.39, 0.29) is 18.7 Å². The Morgan fingerprint density at radius 2 is 1.85 bits per heavy atom. The Hall–Kier alpha value is -2.69. The number of fused-ring (bicyclic) bond motifs is 1. The lowest BCUT2D eigenvalue weighted by molar-refractivity contribution is -0.137. The number of benzene rings is 2. The van der Waals surface area contributed by atoms with Crippen LogP contribution in [0.1, 0.15) is 35.1 Å². The number of pyridine rings is 1. The fourth-order valence-electron chi connectivity index (χ4n) is 4.07. The Bertz CT molecular complexity index is 1380. The Balaban J connectivity index is 1.75. The molecule has 4 rings (SSSR count). The minimum atomic E-state index is -4.68. The number of halogens is 3. The fraction of sp³-hybridized carbons (Fsp3) is 0.375. The van der Waals surface area contributed by atoms with Crippen molar-refractivity contribution < 1.29 is 26.3 Å². The molecule has 34 heavy (non-hydrogen) atoms. The van der Waals surface area contributed by atoms with Gasteiger partial charge in [-0.25, -0.2) is 8.42 Å². The maximum absolute atomic E-state index is 13.5. The molecule has 1 N–H and O–H groups in total. The summed E-state index contributed by atoms with van der Waals surface area (Å²) >= 11 is 0. The highest BCUT2D eigenvalue weighted by atomic mass is 32.2. The molecule has 0 amide bonds. The van der Waals surface area contributed by atoms with Crippen molar-refractivity contribution in [3.8, 4) is 0 Å². The average molecular weight is 495 g/mol. The van der Waals surface area contributed by atoms with Crippen LogP contribution < -0.4 is 5.56 Å². The summed E-state index contributed by atoms with van der Waals surface area (Å²) in [6.45, 7) is 3.98. The third kappa shape index (κ3) is 5.03. The maximum Gasteiger partial charge on any atom is 0.416 e. The van der Waals surface area contributed by atoms with Crippen LogP contribution in [-0.2, 0) is 27.5 Å². The summed E-state index contributed by atoms with van der Waals surface area (Å²) in [6, 6.07) is 9.01. The molecule has 2 aromatic carbocycles. The van der Waals surface area contributed by atoms with Gasteiger partial charge in [0.05, 0.1) is 16.6 Å². The molecule has 2 heterocycles. The van der Waals surface area contributed by atoms with Crippen LogP contribution in [0.25, 0.3) is 10.9 Å². The van der Waals surface area contributed by atoms with Crippen molar-refractivity contribution in [3.63, 3.8) is 0 Å². The second kappa shape index (κ2) is 9.16. The van der Waals surface area contributed by atoms with Gasteiger partial charge in [0.2, 0.25) is 10.0 Å². The molecule has 1 atom stereocenters. The molecule has 1 saturated heterocycles. The number of hydrogen-bond donors (Lipinski definition) is 1. The van der Waals surface area contributed by atoms with E-state index in [1.54, 1.807) is 6.07 Å². The first-order valence-corrected chi connectivity index (χ1v) is 12.3. The number of rotatable bonds is 6. The second-order valence-electron chi connectivity index (χ2n) is 8.61. The van der Waals surface area contributed by atoms with Crippen molar-refractivity contribution >= 4 is 20.9 Å². The summed E-state index contributed by atoms with van der Waals surface area (Å²) in [5.41, 5.74) is 1.33. The van der Waals surface area contributed by atoms with E-state index in [9.17, 15) is 26.4 Å². The fourth-order valence-corrected chi connectivity index (χ4v) is 5.57. The number of nitrogens with one attached hydrogen (secondary N) is 1. The van der Waals surface area contributed by atoms with Gasteiger partial charge in [0.25, 0.3) is 5.56 Å². The van der Waals surface area contributed by atoms with E-state index < -0.39 is 38.3 Å². The van der Waals surface area contributed by atoms with E-state index in [0.29, 0.717) is 24.6 Å². The Labute approximate surface area is 195 Å². The van der Waals surface area contributed by atoms with Gasteiger partial charge in [-0.2, -0.15) is 17.5 Å². The molecule has 1 aromatic heterocycles. The lowest BCUT2D eigenvalue weighted by atomic mass is 10.0. The molecule has 0 unspecified atom stereocenters. The van der Waals surface area contributed by atoms with Crippen LogP contribution in [0.2, 0.25) is 0 Å². The minimum Gasteiger partial charge on any atom is -0.377 e. The molecule has 182 valence electrons. The maximum atomic E-state index is 13.5. The number of ether oxygens (including phenoxy) is 1. The van der Waals surface area contributed by atoms with E-state index in [2.05, 4.69) is 4.98 Å². The number of sulfonamides is 1. The first-order chi connectivity index (χ1) is 15.9. The SMILES string of the molecule is Cc1cc2cc(CN(C[C@H]3CCCO3)S(=O)(=O)c3cccc(C(F)(F)F)c3)c(=O)[nH]c2cc1C. The first-order valence-electron chi connectivity index (χ1n) is 10.9. The van der Waals surface area contributed by atoms with Gasteiger partial charge in [0.1, 0.15) is 0 Å². The quantitative estimate of drug-likeness (QED) is 0.546. The highest BCUT2D eigenvalue weighted by molar-refractivity contribution is 7.89. The number of aromatic nitrogens is 1. The summed E-state index contributed by atoms with van der Waals surface area (Å²) in [5, 5.41) is 0.742. The van der Waals surface area contributed by atoms with E-state index in [0.717, 1.165) is 45.4 Å². The first kappa shape index (κ1) is 24.4. The predicted molar refractivity (Wildman–Crippen MR) is 122 cm³/mol.